The second-order valence-corrected chi connectivity index (χ2v) is 0. The summed E-state index contributed by atoms with van der Waals surface area (Å²) in [6.45, 7) is 0. The molecule has 0 amide bonds. The van der Waals surface area contributed by atoms with Gasteiger partial charge < -0.3 is 0 Å². The summed E-state index contributed by atoms with van der Waals surface area (Å²) in [6.07, 6.45) is 0. The van der Waals surface area contributed by atoms with Crippen LogP contribution in [0.4, 0.5) is 0 Å². The topological polar surface area (TPSA) is 0 Å². The molecule has 0 saturated heterocycles. The number of rotatable bonds is 0. The Bertz CT molecular complexity index is 0. The number of hydrogen-bond acceptors (Lipinski definition) is 0. The first-order chi connectivity index (χ1) is 0. The van der Waals surface area contributed by atoms with Crippen LogP contribution in [0, 0.1) is 0 Å². The SMILES string of the molecule is [Os].[Os].[Os].[Os].[Os].[Os].[Os].[Os]. The van der Waals surface area contributed by atoms with Crippen LogP contribution >= 0.6 is 0 Å². The molecule has 0 unspecified atom stereocenters. The van der Waals surface area contributed by atoms with E-state index in [4.69, 9.17) is 0 Å². The zero-order valence-electron chi connectivity index (χ0n) is 2.83. The van der Waals surface area contributed by atoms with Gasteiger partial charge in [-0.3, -0.25) is 0 Å². The van der Waals surface area contributed by atoms with Crippen LogP contribution in [0.2, 0.25) is 0 Å². The van der Waals surface area contributed by atoms with E-state index in [2.05, 4.69) is 0 Å². The molecule has 0 bridgehead atoms. The van der Waals surface area contributed by atoms with E-state index in [1.165, 1.54) is 0 Å². The Labute approximate surface area is 155 Å². The van der Waals surface area contributed by atoms with Crippen LogP contribution in [0.15, 0.2) is 0 Å². The fraction of sp³-hybridized carbons (Fsp3) is 0. The summed E-state index contributed by atoms with van der Waals surface area (Å²) in [5.41, 5.74) is 0. The molecule has 8 heteroatoms. The molecule has 0 saturated carbocycles. The molecule has 0 aromatic carbocycles. The summed E-state index contributed by atoms with van der Waals surface area (Å²) in [5, 5.41) is 0. The normalized spacial score (nSPS) is 0. The van der Waals surface area contributed by atoms with Gasteiger partial charge >= 0.3 is 0 Å². The van der Waals surface area contributed by atoms with Gasteiger partial charge in [-0.05, 0) is 0 Å². The van der Waals surface area contributed by atoms with E-state index in [0.717, 1.165) is 0 Å². The molecule has 0 heterocycles. The molecule has 0 aromatic heterocycles. The molecule has 0 aliphatic heterocycles. The molecule has 0 rings (SSSR count). The predicted molar refractivity (Wildman–Crippen MR) is 0 cm³/mol. The zero-order chi connectivity index (χ0) is 0. The third-order valence-corrected chi connectivity index (χ3v) is 0. The Morgan fingerprint density at radius 2 is 0.125 bits per heavy atom. The van der Waals surface area contributed by atoms with Crippen LogP contribution in [0.25, 0.3) is 0 Å². The summed E-state index contributed by atoms with van der Waals surface area (Å²) < 4.78 is 0. The van der Waals surface area contributed by atoms with Gasteiger partial charge in [0.2, 0.25) is 0 Å². The van der Waals surface area contributed by atoms with Gasteiger partial charge in [0.1, 0.15) is 0 Å². The van der Waals surface area contributed by atoms with E-state index in [-0.39, 0.29) is 158 Å². The maximum absolute atomic E-state index is 0. The van der Waals surface area contributed by atoms with Gasteiger partial charge in [-0.1, -0.05) is 0 Å². The van der Waals surface area contributed by atoms with Gasteiger partial charge in [0.25, 0.3) is 0 Å². The molecule has 8 heavy (non-hydrogen) atoms. The fourth-order valence-corrected chi connectivity index (χ4v) is 0. The molecular formula is Os8. The van der Waals surface area contributed by atoms with E-state index < -0.39 is 0 Å². The van der Waals surface area contributed by atoms with Crippen molar-refractivity contribution >= 4 is 0 Å². The summed E-state index contributed by atoms with van der Waals surface area (Å²) in [7, 11) is 0. The Morgan fingerprint density at radius 1 is 0.125 bits per heavy atom. The average molecular weight is 1520 g/mol. The monoisotopic (exact) mass is 1540 g/mol. The van der Waals surface area contributed by atoms with Crippen LogP contribution in [0.1, 0.15) is 0 Å². The summed E-state index contributed by atoms with van der Waals surface area (Å²) in [4.78, 5) is 0. The second-order valence-electron chi connectivity index (χ2n) is 0. The van der Waals surface area contributed by atoms with Gasteiger partial charge in [0.05, 0.1) is 0 Å². The Morgan fingerprint density at radius 3 is 0.125 bits per heavy atom. The van der Waals surface area contributed by atoms with Crippen molar-refractivity contribution < 1.29 is 158 Å². The van der Waals surface area contributed by atoms with Crippen LogP contribution in [-0.4, -0.2) is 0 Å². The first-order valence-corrected chi connectivity index (χ1v) is 0. The van der Waals surface area contributed by atoms with Crippen molar-refractivity contribution in [2.24, 2.45) is 0 Å². The van der Waals surface area contributed by atoms with Crippen LogP contribution in [-0.2, 0) is 158 Å². The standard InChI is InChI=1S/8Os. The molecule has 0 N–H and O–H groups in total. The van der Waals surface area contributed by atoms with Gasteiger partial charge in [0.15, 0.2) is 0 Å². The van der Waals surface area contributed by atoms with Gasteiger partial charge in [-0.15, -0.1) is 0 Å². The molecule has 0 radical (unpaired) electrons. The predicted octanol–water partition coefficient (Wildman–Crippen LogP) is -0.0200. The Balaban J connectivity index is 0. The van der Waals surface area contributed by atoms with E-state index in [1.807, 2.05) is 0 Å². The smallest absolute Gasteiger partial charge is 0 e. The van der Waals surface area contributed by atoms with E-state index in [9.17, 15) is 0 Å². The summed E-state index contributed by atoms with van der Waals surface area (Å²) >= 11 is 0. The molecular weight excluding hydrogens is 1520 g/mol. The molecule has 0 nitrogen and oxygen atoms in total. The summed E-state index contributed by atoms with van der Waals surface area (Å²) in [6, 6.07) is 0. The zero-order valence-corrected chi connectivity index (χ0v) is 23.2. The second kappa shape index (κ2) is 57.4. The fourth-order valence-electron chi connectivity index (χ4n) is 0. The molecule has 0 aliphatic rings. The van der Waals surface area contributed by atoms with Crippen LogP contribution in [0.3, 0.4) is 0 Å². The molecule has 0 aromatic rings. The first-order valence-electron chi connectivity index (χ1n) is 0. The quantitative estimate of drug-likeness (QED) is 0.321. The first kappa shape index (κ1) is 73.8. The van der Waals surface area contributed by atoms with E-state index in [0.29, 0.717) is 0 Å². The van der Waals surface area contributed by atoms with Gasteiger partial charge in [-0.2, -0.15) is 0 Å². The third kappa shape index (κ3) is 43.6. The van der Waals surface area contributed by atoms with Gasteiger partial charge in [0, 0.05) is 158 Å². The van der Waals surface area contributed by atoms with Gasteiger partial charge in [-0.25, -0.2) is 0 Å². The van der Waals surface area contributed by atoms with Crippen molar-refractivity contribution in [3.63, 3.8) is 0 Å². The van der Waals surface area contributed by atoms with Crippen molar-refractivity contribution in [1.82, 2.24) is 0 Å². The van der Waals surface area contributed by atoms with Crippen LogP contribution in [0.5, 0.6) is 0 Å². The minimum Gasteiger partial charge on any atom is 0 e. The molecule has 0 spiro atoms. The van der Waals surface area contributed by atoms with Crippen LogP contribution < -0.4 is 0 Å². The van der Waals surface area contributed by atoms with Crippen molar-refractivity contribution in [3.8, 4) is 0 Å². The van der Waals surface area contributed by atoms with E-state index in [1.54, 1.807) is 0 Å². The van der Waals surface area contributed by atoms with Crippen molar-refractivity contribution in [2.45, 2.75) is 0 Å². The minimum absolute atomic E-state index is 0. The molecule has 0 fully saturated rings. The number of hydrogen-bond donors (Lipinski definition) is 0. The van der Waals surface area contributed by atoms with Crippen molar-refractivity contribution in [3.05, 3.63) is 0 Å². The van der Waals surface area contributed by atoms with Crippen molar-refractivity contribution in [1.29, 1.82) is 0 Å². The molecule has 0 atom stereocenters. The minimum atomic E-state index is 0. The maximum Gasteiger partial charge on any atom is 0 e. The molecule has 64 valence electrons. The molecule has 0 aliphatic carbocycles. The van der Waals surface area contributed by atoms with E-state index >= 15 is 0 Å². The Hall–Kier alpha value is 5.09. The Kier molecular flexibility index (Phi) is 530. The summed E-state index contributed by atoms with van der Waals surface area (Å²) in [5.74, 6) is 0. The van der Waals surface area contributed by atoms with Crippen molar-refractivity contribution in [2.75, 3.05) is 0 Å². The third-order valence-electron chi connectivity index (χ3n) is 0. The average Bonchev–Trinajstić information content (AvgIpc) is 0. The maximum atomic E-state index is 0. The largest absolute Gasteiger partial charge is 0 e.